The van der Waals surface area contributed by atoms with Crippen molar-refractivity contribution in [2.45, 2.75) is 32.1 Å². The standard InChI is InChI=1S/C24H27N5O4/c1-2-33-24(32)28-13-11-27(12-14-28)19-15-18(23(30)31)25-22-20(19)21(16-7-6-8-16)26-29(22)17-9-4-3-5-10-17/h3-5,9-10,15-16H,2,6-8,11-14H2,1H3,(H,30,31). The average Bonchev–Trinajstić information content (AvgIpc) is 3.17. The van der Waals surface area contributed by atoms with Gasteiger partial charge in [-0.3, -0.25) is 0 Å². The molecule has 3 heterocycles. The van der Waals surface area contributed by atoms with Crippen LogP contribution in [0.4, 0.5) is 10.5 Å². The lowest BCUT2D eigenvalue weighted by Gasteiger charge is -2.36. The van der Waals surface area contributed by atoms with Crippen LogP contribution in [0.1, 0.15) is 48.3 Å². The molecule has 9 heteroatoms. The lowest BCUT2D eigenvalue weighted by Crippen LogP contribution is -2.49. The Hall–Kier alpha value is -3.62. The van der Waals surface area contributed by atoms with Gasteiger partial charge in [-0.05, 0) is 38.0 Å². The van der Waals surface area contributed by atoms with Crippen molar-refractivity contribution in [2.75, 3.05) is 37.7 Å². The number of hydrogen-bond donors (Lipinski definition) is 1. The maximum atomic E-state index is 12.1. The monoisotopic (exact) mass is 449 g/mol. The number of fused-ring (bicyclic) bond motifs is 1. The minimum Gasteiger partial charge on any atom is -0.477 e. The second-order valence-corrected chi connectivity index (χ2v) is 8.46. The number of amides is 1. The van der Waals surface area contributed by atoms with E-state index in [4.69, 9.17) is 9.84 Å². The second-order valence-electron chi connectivity index (χ2n) is 8.46. The van der Waals surface area contributed by atoms with Crippen molar-refractivity contribution in [3.05, 3.63) is 47.8 Å². The lowest BCUT2D eigenvalue weighted by molar-refractivity contribution is 0.0690. The summed E-state index contributed by atoms with van der Waals surface area (Å²) in [5.74, 6) is -0.733. The van der Waals surface area contributed by atoms with E-state index in [-0.39, 0.29) is 11.8 Å². The van der Waals surface area contributed by atoms with Crippen molar-refractivity contribution in [3.8, 4) is 5.69 Å². The van der Waals surface area contributed by atoms with Gasteiger partial charge in [-0.25, -0.2) is 19.3 Å². The molecule has 5 rings (SSSR count). The number of carbonyl (C=O) groups excluding carboxylic acids is 1. The smallest absolute Gasteiger partial charge is 0.409 e. The molecule has 1 aliphatic heterocycles. The molecule has 0 unspecified atom stereocenters. The van der Waals surface area contributed by atoms with Crippen LogP contribution in [0.15, 0.2) is 36.4 Å². The third kappa shape index (κ3) is 3.88. The van der Waals surface area contributed by atoms with E-state index in [9.17, 15) is 14.7 Å². The molecule has 3 aromatic rings. The molecule has 172 valence electrons. The summed E-state index contributed by atoms with van der Waals surface area (Å²) in [4.78, 5) is 32.5. The molecule has 1 N–H and O–H groups in total. The average molecular weight is 450 g/mol. The Morgan fingerprint density at radius 1 is 1.12 bits per heavy atom. The van der Waals surface area contributed by atoms with Crippen LogP contribution in [0.3, 0.4) is 0 Å². The Balaban J connectivity index is 1.61. The second kappa shape index (κ2) is 8.73. The van der Waals surface area contributed by atoms with Crippen LogP contribution < -0.4 is 4.90 Å². The minimum absolute atomic E-state index is 0.0115. The number of anilines is 1. The topological polar surface area (TPSA) is 101 Å². The van der Waals surface area contributed by atoms with Gasteiger partial charge in [0.2, 0.25) is 0 Å². The number of carboxylic acid groups (broad SMARTS) is 1. The highest BCUT2D eigenvalue weighted by molar-refractivity contribution is 5.98. The van der Waals surface area contributed by atoms with Gasteiger partial charge in [-0.2, -0.15) is 5.10 Å². The zero-order chi connectivity index (χ0) is 22.9. The Morgan fingerprint density at radius 3 is 2.45 bits per heavy atom. The highest BCUT2D eigenvalue weighted by Gasteiger charge is 2.31. The quantitative estimate of drug-likeness (QED) is 0.634. The number of carbonyl (C=O) groups is 2. The Labute approximate surface area is 191 Å². The van der Waals surface area contributed by atoms with E-state index < -0.39 is 5.97 Å². The molecular formula is C24H27N5O4. The molecule has 1 aliphatic carbocycles. The van der Waals surface area contributed by atoms with E-state index in [1.54, 1.807) is 22.6 Å². The first-order chi connectivity index (χ1) is 16.1. The zero-order valence-corrected chi connectivity index (χ0v) is 18.6. The summed E-state index contributed by atoms with van der Waals surface area (Å²) in [5.41, 5.74) is 3.20. The van der Waals surface area contributed by atoms with Crippen LogP contribution in [0.25, 0.3) is 16.7 Å². The number of ether oxygens (including phenoxy) is 1. The van der Waals surface area contributed by atoms with Crippen molar-refractivity contribution in [3.63, 3.8) is 0 Å². The third-order valence-electron chi connectivity index (χ3n) is 6.50. The van der Waals surface area contributed by atoms with Crippen molar-refractivity contribution < 1.29 is 19.4 Å². The minimum atomic E-state index is -1.07. The van der Waals surface area contributed by atoms with Gasteiger partial charge in [0, 0.05) is 32.1 Å². The summed E-state index contributed by atoms with van der Waals surface area (Å²) in [5, 5.41) is 15.7. The Kier molecular flexibility index (Phi) is 5.62. The molecule has 33 heavy (non-hydrogen) atoms. The molecule has 2 aliphatic rings. The van der Waals surface area contributed by atoms with Crippen LogP contribution in [-0.2, 0) is 4.74 Å². The first-order valence-corrected chi connectivity index (χ1v) is 11.5. The number of rotatable bonds is 5. The van der Waals surface area contributed by atoms with Crippen LogP contribution in [-0.4, -0.2) is 69.6 Å². The SMILES string of the molecule is CCOC(=O)N1CCN(c2cc(C(=O)O)nc3c2c(C2CCC2)nn3-c2ccccc2)CC1. The summed E-state index contributed by atoms with van der Waals surface area (Å²) < 4.78 is 6.91. The molecule has 2 aromatic heterocycles. The number of aromatic carboxylic acids is 1. The van der Waals surface area contributed by atoms with Gasteiger partial charge in [0.25, 0.3) is 0 Å². The van der Waals surface area contributed by atoms with Crippen LogP contribution >= 0.6 is 0 Å². The fraction of sp³-hybridized carbons (Fsp3) is 0.417. The molecule has 0 bridgehead atoms. The lowest BCUT2D eigenvalue weighted by atomic mass is 9.82. The summed E-state index contributed by atoms with van der Waals surface area (Å²) >= 11 is 0. The van der Waals surface area contributed by atoms with Crippen molar-refractivity contribution in [1.29, 1.82) is 0 Å². The van der Waals surface area contributed by atoms with Crippen molar-refractivity contribution in [1.82, 2.24) is 19.7 Å². The number of aromatic nitrogens is 3. The fourth-order valence-electron chi connectivity index (χ4n) is 4.54. The Bertz CT molecular complexity index is 1180. The molecule has 0 spiro atoms. The van der Waals surface area contributed by atoms with Gasteiger partial charge in [-0.15, -0.1) is 0 Å². The van der Waals surface area contributed by atoms with E-state index in [0.717, 1.165) is 35.3 Å². The van der Waals surface area contributed by atoms with E-state index in [0.29, 0.717) is 44.4 Å². The third-order valence-corrected chi connectivity index (χ3v) is 6.50. The molecular weight excluding hydrogens is 422 g/mol. The number of carboxylic acids is 1. The zero-order valence-electron chi connectivity index (χ0n) is 18.6. The summed E-state index contributed by atoms with van der Waals surface area (Å²) in [6, 6.07) is 11.4. The predicted octanol–water partition coefficient (Wildman–Crippen LogP) is 3.66. The number of benzene rings is 1. The molecule has 1 aromatic carbocycles. The van der Waals surface area contributed by atoms with Crippen LogP contribution in [0.5, 0.6) is 0 Å². The van der Waals surface area contributed by atoms with Gasteiger partial charge < -0.3 is 19.6 Å². The molecule has 2 fully saturated rings. The maximum Gasteiger partial charge on any atom is 0.409 e. The molecule has 1 saturated heterocycles. The summed E-state index contributed by atoms with van der Waals surface area (Å²) in [6.07, 6.45) is 2.99. The number of piperazine rings is 1. The van der Waals surface area contributed by atoms with Gasteiger partial charge in [0.1, 0.15) is 0 Å². The van der Waals surface area contributed by atoms with Crippen molar-refractivity contribution >= 4 is 28.8 Å². The van der Waals surface area contributed by atoms with E-state index in [1.807, 2.05) is 30.3 Å². The highest BCUT2D eigenvalue weighted by atomic mass is 16.6. The molecule has 9 nitrogen and oxygen atoms in total. The van der Waals surface area contributed by atoms with Gasteiger partial charge >= 0.3 is 12.1 Å². The first kappa shape index (κ1) is 21.2. The van der Waals surface area contributed by atoms with E-state index in [1.165, 1.54) is 6.42 Å². The van der Waals surface area contributed by atoms with Crippen LogP contribution in [0, 0.1) is 0 Å². The first-order valence-electron chi connectivity index (χ1n) is 11.5. The van der Waals surface area contributed by atoms with Crippen molar-refractivity contribution in [2.24, 2.45) is 0 Å². The Morgan fingerprint density at radius 2 is 1.85 bits per heavy atom. The highest BCUT2D eigenvalue weighted by Crippen LogP contribution is 2.42. The molecule has 1 saturated carbocycles. The number of hydrogen-bond acceptors (Lipinski definition) is 6. The molecule has 0 atom stereocenters. The van der Waals surface area contributed by atoms with Gasteiger partial charge in [-0.1, -0.05) is 24.6 Å². The van der Waals surface area contributed by atoms with Gasteiger partial charge in [0.05, 0.1) is 29.1 Å². The largest absolute Gasteiger partial charge is 0.477 e. The van der Waals surface area contributed by atoms with E-state index >= 15 is 0 Å². The predicted molar refractivity (Wildman–Crippen MR) is 123 cm³/mol. The van der Waals surface area contributed by atoms with Crippen LogP contribution in [0.2, 0.25) is 0 Å². The molecule has 0 radical (unpaired) electrons. The summed E-state index contributed by atoms with van der Waals surface area (Å²) in [6.45, 7) is 4.32. The normalized spacial score (nSPS) is 16.6. The van der Waals surface area contributed by atoms with Gasteiger partial charge in [0.15, 0.2) is 11.3 Å². The fourth-order valence-corrected chi connectivity index (χ4v) is 4.54. The number of pyridine rings is 1. The van der Waals surface area contributed by atoms with E-state index in [2.05, 4.69) is 9.88 Å². The molecule has 1 amide bonds. The number of para-hydroxylation sites is 1. The summed E-state index contributed by atoms with van der Waals surface area (Å²) in [7, 11) is 0. The maximum absolute atomic E-state index is 12.1. The number of nitrogens with zero attached hydrogens (tertiary/aromatic N) is 5.